The first kappa shape index (κ1) is 21.9. The van der Waals surface area contributed by atoms with Gasteiger partial charge in [0.25, 0.3) is 11.8 Å². The van der Waals surface area contributed by atoms with E-state index in [0.717, 1.165) is 18.9 Å². The van der Waals surface area contributed by atoms with Gasteiger partial charge in [-0.2, -0.15) is 0 Å². The largest absolute Gasteiger partial charge is 0.503 e. The monoisotopic (exact) mass is 447 g/mol. The van der Waals surface area contributed by atoms with Crippen molar-refractivity contribution in [1.82, 2.24) is 14.8 Å². The van der Waals surface area contributed by atoms with E-state index in [-0.39, 0.29) is 29.4 Å². The molecule has 1 atom stereocenters. The predicted molar refractivity (Wildman–Crippen MR) is 109 cm³/mol. The van der Waals surface area contributed by atoms with Gasteiger partial charge in [-0.05, 0) is 25.8 Å². The maximum absolute atomic E-state index is 13.8. The minimum Gasteiger partial charge on any atom is -0.503 e. The van der Waals surface area contributed by atoms with Crippen LogP contribution in [-0.2, 0) is 11.3 Å². The Morgan fingerprint density at radius 1 is 1.31 bits per heavy atom. The van der Waals surface area contributed by atoms with Gasteiger partial charge < -0.3 is 24.6 Å². The molecule has 2 amide bonds. The molecule has 10 heteroatoms. The van der Waals surface area contributed by atoms with Crippen LogP contribution in [0.4, 0.5) is 8.78 Å². The van der Waals surface area contributed by atoms with Gasteiger partial charge in [-0.15, -0.1) is 0 Å². The van der Waals surface area contributed by atoms with Gasteiger partial charge in [0.1, 0.15) is 17.2 Å². The lowest BCUT2D eigenvalue weighted by molar-refractivity contribution is 0.0379. The molecule has 170 valence electrons. The highest BCUT2D eigenvalue weighted by atomic mass is 19.1. The second kappa shape index (κ2) is 8.01. The summed E-state index contributed by atoms with van der Waals surface area (Å²) in [5.74, 6) is -3.72. The smallest absolute Gasteiger partial charge is 0.275 e. The number of methoxy groups -OCH3 is 1. The lowest BCUT2D eigenvalue weighted by atomic mass is 9.98. The molecule has 4 rings (SSSR count). The first-order chi connectivity index (χ1) is 15.2. The molecule has 1 aromatic heterocycles. The fourth-order valence-corrected chi connectivity index (χ4v) is 4.37. The average Bonchev–Trinajstić information content (AvgIpc) is 3.55. The Balaban J connectivity index is 1.66. The van der Waals surface area contributed by atoms with Crippen LogP contribution in [0.3, 0.4) is 0 Å². The first-order valence-electron chi connectivity index (χ1n) is 10.2. The van der Waals surface area contributed by atoms with Crippen molar-refractivity contribution in [3.63, 3.8) is 0 Å². The van der Waals surface area contributed by atoms with Crippen LogP contribution in [0.5, 0.6) is 5.75 Å². The molecule has 8 nitrogen and oxygen atoms in total. The number of hydrogen-bond acceptors (Lipinski definition) is 5. The number of benzene rings is 1. The highest BCUT2D eigenvalue weighted by Crippen LogP contribution is 2.53. The summed E-state index contributed by atoms with van der Waals surface area (Å²) < 4.78 is 33.5. The van der Waals surface area contributed by atoms with Gasteiger partial charge in [-0.25, -0.2) is 8.78 Å². The fraction of sp³-hybridized carbons (Fsp3) is 0.409. The highest BCUT2D eigenvalue weighted by molar-refractivity contribution is 5.99. The van der Waals surface area contributed by atoms with E-state index in [1.54, 1.807) is 4.90 Å². The molecule has 1 aromatic carbocycles. The molecule has 2 aromatic rings. The van der Waals surface area contributed by atoms with E-state index in [4.69, 9.17) is 4.74 Å². The number of aromatic nitrogens is 1. The third-order valence-corrected chi connectivity index (χ3v) is 6.37. The summed E-state index contributed by atoms with van der Waals surface area (Å²) in [6, 6.07) is 2.65. The third-order valence-electron chi connectivity index (χ3n) is 6.37. The topological polar surface area (TPSA) is 101 Å². The van der Waals surface area contributed by atoms with Crippen LogP contribution in [0.2, 0.25) is 0 Å². The van der Waals surface area contributed by atoms with Crippen LogP contribution in [-0.4, -0.2) is 52.2 Å². The summed E-state index contributed by atoms with van der Waals surface area (Å²) in [5.41, 5.74) is -1.95. The second-order valence-electron chi connectivity index (χ2n) is 8.12. The van der Waals surface area contributed by atoms with Crippen molar-refractivity contribution in [1.29, 1.82) is 0 Å². The van der Waals surface area contributed by atoms with Gasteiger partial charge in [0, 0.05) is 38.0 Å². The van der Waals surface area contributed by atoms with Crippen molar-refractivity contribution < 1.29 is 28.2 Å². The number of aromatic hydroxyl groups is 1. The molecule has 1 spiro atoms. The summed E-state index contributed by atoms with van der Waals surface area (Å²) >= 11 is 0. The molecule has 1 fully saturated rings. The van der Waals surface area contributed by atoms with Crippen molar-refractivity contribution in [3.8, 4) is 5.75 Å². The minimum atomic E-state index is -0.993. The maximum Gasteiger partial charge on any atom is 0.275 e. The van der Waals surface area contributed by atoms with Gasteiger partial charge in [-0.1, -0.05) is 6.07 Å². The van der Waals surface area contributed by atoms with Crippen LogP contribution < -0.4 is 10.7 Å². The Kier molecular flexibility index (Phi) is 5.49. The Morgan fingerprint density at radius 3 is 2.66 bits per heavy atom. The van der Waals surface area contributed by atoms with E-state index in [0.29, 0.717) is 19.2 Å². The zero-order valence-corrected chi connectivity index (χ0v) is 17.7. The van der Waals surface area contributed by atoms with Gasteiger partial charge in [0.15, 0.2) is 11.4 Å². The normalized spacial score (nSPS) is 18.6. The van der Waals surface area contributed by atoms with Crippen LogP contribution >= 0.6 is 0 Å². The van der Waals surface area contributed by atoms with Crippen molar-refractivity contribution in [2.24, 2.45) is 0 Å². The van der Waals surface area contributed by atoms with E-state index in [2.05, 4.69) is 5.32 Å². The van der Waals surface area contributed by atoms with Crippen LogP contribution in [0, 0.1) is 11.6 Å². The molecular weight excluding hydrogens is 424 g/mol. The van der Waals surface area contributed by atoms with Crippen LogP contribution in [0.15, 0.2) is 29.2 Å². The van der Waals surface area contributed by atoms with Gasteiger partial charge >= 0.3 is 0 Å². The van der Waals surface area contributed by atoms with Gasteiger partial charge in [-0.3, -0.25) is 14.4 Å². The number of fused-ring (bicyclic) bond motifs is 1. The molecule has 2 aliphatic rings. The predicted octanol–water partition coefficient (Wildman–Crippen LogP) is 1.96. The fourth-order valence-electron chi connectivity index (χ4n) is 4.37. The van der Waals surface area contributed by atoms with Crippen LogP contribution in [0.1, 0.15) is 52.2 Å². The molecule has 32 heavy (non-hydrogen) atoms. The SMILES string of the molecule is COCCN1C(=O)c2c(O)c(=O)c(C(=O)NCc3ccc(F)cc3F)cn2[C@@H](C)C12CC2. The highest BCUT2D eigenvalue weighted by Gasteiger charge is 2.58. The molecule has 2 N–H and O–H groups in total. The number of halogens is 2. The average molecular weight is 447 g/mol. The minimum absolute atomic E-state index is 0.0382. The van der Waals surface area contributed by atoms with Crippen molar-refractivity contribution in [3.05, 3.63) is 63.1 Å². The summed E-state index contributed by atoms with van der Waals surface area (Å²) in [4.78, 5) is 40.2. The number of amides is 2. The third kappa shape index (κ3) is 3.44. The molecule has 0 saturated heterocycles. The van der Waals surface area contributed by atoms with E-state index in [1.807, 2.05) is 6.92 Å². The first-order valence-corrected chi connectivity index (χ1v) is 10.2. The molecule has 0 unspecified atom stereocenters. The Morgan fingerprint density at radius 2 is 2.03 bits per heavy atom. The Labute approximate surface area is 182 Å². The van der Waals surface area contributed by atoms with Gasteiger partial charge in [0.2, 0.25) is 5.43 Å². The van der Waals surface area contributed by atoms with E-state index < -0.39 is 40.2 Å². The molecule has 1 aliphatic carbocycles. The second-order valence-corrected chi connectivity index (χ2v) is 8.12. The summed E-state index contributed by atoms with van der Waals surface area (Å²) in [5, 5.41) is 13.0. The quantitative estimate of drug-likeness (QED) is 0.705. The summed E-state index contributed by atoms with van der Waals surface area (Å²) in [6.45, 7) is 2.21. The Bertz CT molecular complexity index is 1160. The molecule has 2 heterocycles. The molecule has 1 aliphatic heterocycles. The molecule has 1 saturated carbocycles. The number of pyridine rings is 1. The lowest BCUT2D eigenvalue weighted by Crippen LogP contribution is -2.54. The summed E-state index contributed by atoms with van der Waals surface area (Å²) in [7, 11) is 1.52. The zero-order chi connectivity index (χ0) is 23.2. The maximum atomic E-state index is 13.8. The van der Waals surface area contributed by atoms with E-state index in [9.17, 15) is 28.3 Å². The number of carbonyl (C=O) groups excluding carboxylic acids is 2. The number of hydrogen-bond donors (Lipinski definition) is 2. The van der Waals surface area contributed by atoms with Crippen molar-refractivity contribution in [2.45, 2.75) is 37.9 Å². The number of rotatable bonds is 6. The Hall–Kier alpha value is -3.27. The lowest BCUT2D eigenvalue weighted by Gasteiger charge is -2.43. The zero-order valence-electron chi connectivity index (χ0n) is 17.7. The van der Waals surface area contributed by atoms with Gasteiger partial charge in [0.05, 0.1) is 18.2 Å². The number of nitrogens with one attached hydrogen (secondary N) is 1. The number of nitrogens with zero attached hydrogens (tertiary/aromatic N) is 2. The number of ether oxygens (including phenoxy) is 1. The molecule has 0 bridgehead atoms. The van der Waals surface area contributed by atoms with Crippen LogP contribution in [0.25, 0.3) is 0 Å². The van der Waals surface area contributed by atoms with E-state index in [1.165, 1.54) is 23.9 Å². The van der Waals surface area contributed by atoms with Crippen molar-refractivity contribution >= 4 is 11.8 Å². The number of carbonyl (C=O) groups is 2. The summed E-state index contributed by atoms with van der Waals surface area (Å²) in [6.07, 6.45) is 2.77. The molecular formula is C22H23F2N3O5. The van der Waals surface area contributed by atoms with Crippen molar-refractivity contribution in [2.75, 3.05) is 20.3 Å². The standard InChI is InChI=1S/C22H23F2N3O5/c1-12-22(5-6-22)27(7-8-32-2)21(31)17-19(29)18(28)15(11-26(12)17)20(30)25-10-13-3-4-14(23)9-16(13)24/h3-4,9,11-12,29H,5-8,10H2,1-2H3,(H,25,30)/t12-/m0/s1. The van der Waals surface area contributed by atoms with E-state index >= 15 is 0 Å². The molecule has 0 radical (unpaired) electrons.